The number of cyclic esters (lactones) is 2. The van der Waals surface area contributed by atoms with Crippen molar-refractivity contribution in [2.24, 2.45) is 23.7 Å². The number of hydrogen-bond donors (Lipinski definition) is 0. The zero-order valence-electron chi connectivity index (χ0n) is 9.66. The Labute approximate surface area is 94.8 Å². The van der Waals surface area contributed by atoms with Gasteiger partial charge in [0.05, 0.1) is 11.8 Å². The summed E-state index contributed by atoms with van der Waals surface area (Å²) in [6.07, 6.45) is 3.02. The Kier molecular flexibility index (Phi) is 2.00. The SMILES string of the molecule is CCC1=C(CC)C2CC1C1C(=O)OC(=O)C21. The number of carbonyl (C=O) groups excluding carboxylic acids is 2. The summed E-state index contributed by atoms with van der Waals surface area (Å²) in [6.45, 7) is 4.28. The summed E-state index contributed by atoms with van der Waals surface area (Å²) in [5, 5.41) is 0. The molecular weight excluding hydrogens is 204 g/mol. The van der Waals surface area contributed by atoms with Gasteiger partial charge in [-0.05, 0) is 31.1 Å². The van der Waals surface area contributed by atoms with Crippen LogP contribution in [-0.2, 0) is 14.3 Å². The third-order valence-electron chi connectivity index (χ3n) is 4.58. The van der Waals surface area contributed by atoms with Gasteiger partial charge in [0.2, 0.25) is 0 Å². The van der Waals surface area contributed by atoms with Crippen molar-refractivity contribution in [2.45, 2.75) is 33.1 Å². The van der Waals surface area contributed by atoms with Crippen LogP contribution in [0.1, 0.15) is 33.1 Å². The lowest BCUT2D eigenvalue weighted by atomic mass is 9.76. The maximum atomic E-state index is 11.6. The Morgan fingerprint density at radius 3 is 1.81 bits per heavy atom. The Bertz CT molecular complexity index is 371. The van der Waals surface area contributed by atoms with E-state index in [0.717, 1.165) is 19.3 Å². The largest absolute Gasteiger partial charge is 0.393 e. The van der Waals surface area contributed by atoms with Crippen LogP contribution in [0.2, 0.25) is 0 Å². The molecule has 0 N–H and O–H groups in total. The fourth-order valence-corrected chi connectivity index (χ4v) is 4.10. The molecule has 4 unspecified atom stereocenters. The first kappa shape index (κ1) is 10.1. The van der Waals surface area contributed by atoms with Crippen LogP contribution in [0.3, 0.4) is 0 Å². The number of hydrogen-bond acceptors (Lipinski definition) is 3. The molecule has 3 nitrogen and oxygen atoms in total. The van der Waals surface area contributed by atoms with Gasteiger partial charge in [-0.1, -0.05) is 25.0 Å². The van der Waals surface area contributed by atoms with Gasteiger partial charge in [-0.15, -0.1) is 0 Å². The van der Waals surface area contributed by atoms with E-state index < -0.39 is 0 Å². The van der Waals surface area contributed by atoms with Gasteiger partial charge in [0.15, 0.2) is 0 Å². The van der Waals surface area contributed by atoms with Gasteiger partial charge in [-0.25, -0.2) is 0 Å². The van der Waals surface area contributed by atoms with E-state index in [9.17, 15) is 9.59 Å². The van der Waals surface area contributed by atoms with E-state index in [4.69, 9.17) is 4.74 Å². The first-order valence-corrected chi connectivity index (χ1v) is 6.16. The molecule has 0 aromatic heterocycles. The average molecular weight is 220 g/mol. The zero-order chi connectivity index (χ0) is 11.4. The molecule has 2 aliphatic carbocycles. The molecular formula is C13H16O3. The van der Waals surface area contributed by atoms with Crippen molar-refractivity contribution in [1.82, 2.24) is 0 Å². The lowest BCUT2D eigenvalue weighted by Crippen LogP contribution is -2.26. The minimum atomic E-state index is -0.274. The molecule has 2 fully saturated rings. The monoisotopic (exact) mass is 220 g/mol. The van der Waals surface area contributed by atoms with Crippen molar-refractivity contribution >= 4 is 11.9 Å². The van der Waals surface area contributed by atoms with Crippen molar-refractivity contribution < 1.29 is 14.3 Å². The molecule has 0 radical (unpaired) electrons. The molecule has 16 heavy (non-hydrogen) atoms. The smallest absolute Gasteiger partial charge is 0.318 e. The summed E-state index contributed by atoms with van der Waals surface area (Å²) in [7, 11) is 0. The molecule has 1 aliphatic heterocycles. The van der Waals surface area contributed by atoms with E-state index in [2.05, 4.69) is 13.8 Å². The number of allylic oxidation sites excluding steroid dienone is 2. The third kappa shape index (κ3) is 0.989. The van der Waals surface area contributed by atoms with Gasteiger partial charge in [-0.3, -0.25) is 9.59 Å². The molecule has 0 amide bonds. The van der Waals surface area contributed by atoms with E-state index >= 15 is 0 Å². The number of ether oxygens (including phenoxy) is 1. The van der Waals surface area contributed by atoms with Gasteiger partial charge in [-0.2, -0.15) is 0 Å². The highest BCUT2D eigenvalue weighted by atomic mass is 16.6. The van der Waals surface area contributed by atoms with Gasteiger partial charge in [0, 0.05) is 0 Å². The first-order chi connectivity index (χ1) is 7.69. The number of rotatable bonds is 2. The van der Waals surface area contributed by atoms with Crippen molar-refractivity contribution in [2.75, 3.05) is 0 Å². The van der Waals surface area contributed by atoms with E-state index in [1.165, 1.54) is 11.1 Å². The highest BCUT2D eigenvalue weighted by molar-refractivity contribution is 5.98. The molecule has 3 heteroatoms. The standard InChI is InChI=1S/C13H16O3/c1-3-6-7(4-2)9-5-8(6)10-11(9)13(15)16-12(10)14/h8-11H,3-5H2,1-2H3. The Morgan fingerprint density at radius 2 is 1.44 bits per heavy atom. The molecule has 0 aromatic carbocycles. The predicted molar refractivity (Wildman–Crippen MR) is 57.3 cm³/mol. The molecule has 1 saturated heterocycles. The zero-order valence-corrected chi connectivity index (χ0v) is 9.66. The minimum absolute atomic E-state index is 0.150. The van der Waals surface area contributed by atoms with E-state index in [0.29, 0.717) is 11.8 Å². The topological polar surface area (TPSA) is 43.4 Å². The average Bonchev–Trinajstić information content (AvgIpc) is 2.88. The van der Waals surface area contributed by atoms with E-state index in [1.807, 2.05) is 0 Å². The van der Waals surface area contributed by atoms with Crippen molar-refractivity contribution in [1.29, 1.82) is 0 Å². The summed E-state index contributed by atoms with van der Waals surface area (Å²) in [5.74, 6) is -0.250. The van der Waals surface area contributed by atoms with Crippen LogP contribution in [0.5, 0.6) is 0 Å². The summed E-state index contributed by atoms with van der Waals surface area (Å²) in [6, 6.07) is 0. The highest BCUT2D eigenvalue weighted by Crippen LogP contribution is 2.59. The number of esters is 2. The Balaban J connectivity index is 2.06. The molecule has 0 spiro atoms. The summed E-state index contributed by atoms with van der Waals surface area (Å²) >= 11 is 0. The fraction of sp³-hybridized carbons (Fsp3) is 0.692. The van der Waals surface area contributed by atoms with Gasteiger partial charge >= 0.3 is 11.9 Å². The van der Waals surface area contributed by atoms with E-state index in [-0.39, 0.29) is 23.8 Å². The van der Waals surface area contributed by atoms with Gasteiger partial charge in [0.1, 0.15) is 0 Å². The minimum Gasteiger partial charge on any atom is -0.393 e. The maximum Gasteiger partial charge on any atom is 0.318 e. The van der Waals surface area contributed by atoms with Crippen LogP contribution in [-0.4, -0.2) is 11.9 Å². The number of fused-ring (bicyclic) bond motifs is 5. The van der Waals surface area contributed by atoms with Crippen LogP contribution in [0.15, 0.2) is 11.1 Å². The second kappa shape index (κ2) is 3.19. The normalized spacial score (nSPS) is 40.6. The maximum absolute atomic E-state index is 11.6. The van der Waals surface area contributed by atoms with Crippen LogP contribution >= 0.6 is 0 Å². The Morgan fingerprint density at radius 1 is 1.00 bits per heavy atom. The highest BCUT2D eigenvalue weighted by Gasteiger charge is 2.61. The molecule has 4 atom stereocenters. The van der Waals surface area contributed by atoms with Crippen LogP contribution < -0.4 is 0 Å². The summed E-state index contributed by atoms with van der Waals surface area (Å²) in [4.78, 5) is 23.3. The second-order valence-electron chi connectivity index (χ2n) is 5.00. The lowest BCUT2D eigenvalue weighted by Gasteiger charge is -2.24. The molecule has 1 saturated carbocycles. The molecule has 86 valence electrons. The number of carbonyl (C=O) groups is 2. The summed E-state index contributed by atoms with van der Waals surface area (Å²) < 4.78 is 4.79. The fourth-order valence-electron chi connectivity index (χ4n) is 4.10. The molecule has 3 rings (SSSR count). The van der Waals surface area contributed by atoms with Gasteiger partial charge in [0.25, 0.3) is 0 Å². The van der Waals surface area contributed by atoms with Crippen LogP contribution in [0, 0.1) is 23.7 Å². The molecule has 1 heterocycles. The van der Waals surface area contributed by atoms with E-state index in [1.54, 1.807) is 0 Å². The predicted octanol–water partition coefficient (Wildman–Crippen LogP) is 2.07. The van der Waals surface area contributed by atoms with Crippen molar-refractivity contribution in [3.8, 4) is 0 Å². The second-order valence-corrected chi connectivity index (χ2v) is 5.00. The molecule has 3 aliphatic rings. The van der Waals surface area contributed by atoms with Crippen molar-refractivity contribution in [3.05, 3.63) is 11.1 Å². The quantitative estimate of drug-likeness (QED) is 0.406. The van der Waals surface area contributed by atoms with Gasteiger partial charge < -0.3 is 4.74 Å². The first-order valence-electron chi connectivity index (χ1n) is 6.16. The Hall–Kier alpha value is -1.12. The molecule has 2 bridgehead atoms. The van der Waals surface area contributed by atoms with Crippen LogP contribution in [0.25, 0.3) is 0 Å². The lowest BCUT2D eigenvalue weighted by molar-refractivity contribution is -0.154. The molecule has 0 aromatic rings. The third-order valence-corrected chi connectivity index (χ3v) is 4.58. The van der Waals surface area contributed by atoms with Crippen LogP contribution in [0.4, 0.5) is 0 Å². The van der Waals surface area contributed by atoms with Crippen molar-refractivity contribution in [3.63, 3.8) is 0 Å². The summed E-state index contributed by atoms with van der Waals surface area (Å²) in [5.41, 5.74) is 2.86.